The number of hydrogen-bond acceptors (Lipinski definition) is 6. The average molecular weight is 516 g/mol. The Morgan fingerprint density at radius 3 is 2.79 bits per heavy atom. The average Bonchev–Trinajstić information content (AvgIpc) is 3.52. The van der Waals surface area contributed by atoms with Crippen LogP contribution in [-0.4, -0.2) is 69.1 Å². The lowest BCUT2D eigenvalue weighted by Crippen LogP contribution is -2.55. The topological polar surface area (TPSA) is 94.5 Å². The lowest BCUT2D eigenvalue weighted by molar-refractivity contribution is -0.0373. The highest BCUT2D eigenvalue weighted by atomic mass is 16.5. The lowest BCUT2D eigenvalue weighted by Gasteiger charge is -2.41. The maximum atomic E-state index is 14.1. The van der Waals surface area contributed by atoms with E-state index in [1.54, 1.807) is 13.3 Å². The molecule has 4 heterocycles. The van der Waals surface area contributed by atoms with Crippen molar-refractivity contribution in [3.8, 4) is 28.6 Å². The Morgan fingerprint density at radius 2 is 2.03 bits per heavy atom. The van der Waals surface area contributed by atoms with Gasteiger partial charge in [0, 0.05) is 23.6 Å². The summed E-state index contributed by atoms with van der Waals surface area (Å²) in [6, 6.07) is 10.1. The number of nitrogens with one attached hydrogen (secondary N) is 1. The zero-order valence-corrected chi connectivity index (χ0v) is 22.5. The normalized spacial score (nSPS) is 16.4. The number of benzene rings is 2. The summed E-state index contributed by atoms with van der Waals surface area (Å²) in [5, 5.41) is 8.37. The molecule has 1 amide bonds. The Bertz CT molecular complexity index is 1530. The minimum atomic E-state index is -0.423. The standard InChI is InChI=1S/C29H33N5O4/c1-17(2)38-24-14-22-18(13-23(24)36-5)9-10-21-26(28(35)33-11-12-37-16-29(33,3)4)31-27(34(21)22)20-8-6-7-19-15-30-32-25(19)20/h6-8,13-15,17H,9-12,16H2,1-5H3,(H,30,32). The van der Waals surface area contributed by atoms with Gasteiger partial charge in [0.25, 0.3) is 5.91 Å². The van der Waals surface area contributed by atoms with Gasteiger partial charge < -0.3 is 19.1 Å². The number of carbonyl (C=O) groups excluding carboxylic acids is 1. The Hall–Kier alpha value is -3.85. The van der Waals surface area contributed by atoms with Crippen LogP contribution in [0.5, 0.6) is 11.5 Å². The highest BCUT2D eigenvalue weighted by Gasteiger charge is 2.38. The fourth-order valence-electron chi connectivity index (χ4n) is 5.57. The van der Waals surface area contributed by atoms with E-state index < -0.39 is 5.54 Å². The molecule has 0 aliphatic carbocycles. The number of nitrogens with zero attached hydrogens (tertiary/aromatic N) is 4. The molecular weight excluding hydrogens is 482 g/mol. The van der Waals surface area contributed by atoms with Crippen LogP contribution in [0.25, 0.3) is 28.0 Å². The molecule has 4 aromatic rings. The lowest BCUT2D eigenvalue weighted by atomic mass is 9.97. The number of amides is 1. The molecular formula is C29H33N5O4. The van der Waals surface area contributed by atoms with E-state index in [2.05, 4.69) is 14.8 Å². The zero-order chi connectivity index (χ0) is 26.6. The summed E-state index contributed by atoms with van der Waals surface area (Å²) in [5.41, 5.74) is 4.79. The number of ether oxygens (including phenoxy) is 3. The van der Waals surface area contributed by atoms with Crippen LogP contribution in [0.1, 0.15) is 49.4 Å². The summed E-state index contributed by atoms with van der Waals surface area (Å²) >= 11 is 0. The summed E-state index contributed by atoms with van der Waals surface area (Å²) in [6.45, 7) is 9.60. The third-order valence-corrected chi connectivity index (χ3v) is 7.38. The molecule has 2 aromatic carbocycles. The van der Waals surface area contributed by atoms with Crippen molar-refractivity contribution in [2.24, 2.45) is 0 Å². The third-order valence-electron chi connectivity index (χ3n) is 7.38. The highest BCUT2D eigenvalue weighted by molar-refractivity contribution is 5.97. The third kappa shape index (κ3) is 3.93. The number of para-hydroxylation sites is 1. The van der Waals surface area contributed by atoms with Gasteiger partial charge in [-0.15, -0.1) is 0 Å². The van der Waals surface area contributed by atoms with Crippen LogP contribution in [0, 0.1) is 0 Å². The van der Waals surface area contributed by atoms with Crippen molar-refractivity contribution in [3.05, 3.63) is 53.5 Å². The van der Waals surface area contributed by atoms with E-state index in [4.69, 9.17) is 19.2 Å². The molecule has 2 aromatic heterocycles. The molecule has 9 heteroatoms. The number of imidazole rings is 1. The maximum Gasteiger partial charge on any atom is 0.274 e. The summed E-state index contributed by atoms with van der Waals surface area (Å²) in [5.74, 6) is 1.99. The van der Waals surface area contributed by atoms with Gasteiger partial charge >= 0.3 is 0 Å². The van der Waals surface area contributed by atoms with Crippen molar-refractivity contribution in [1.82, 2.24) is 24.6 Å². The number of H-pyrrole nitrogens is 1. The van der Waals surface area contributed by atoms with Crippen molar-refractivity contribution in [3.63, 3.8) is 0 Å². The number of hydrogen-bond donors (Lipinski definition) is 1. The number of aromatic amines is 1. The summed E-state index contributed by atoms with van der Waals surface area (Å²) < 4.78 is 19.6. The number of fused-ring (bicyclic) bond motifs is 4. The molecule has 0 atom stereocenters. The highest BCUT2D eigenvalue weighted by Crippen LogP contribution is 2.41. The zero-order valence-electron chi connectivity index (χ0n) is 22.5. The van der Waals surface area contributed by atoms with Gasteiger partial charge in [-0.05, 0) is 58.2 Å². The Morgan fingerprint density at radius 1 is 1.18 bits per heavy atom. The SMILES string of the molecule is COc1cc2c(cc1OC(C)C)-n1c(-c3cccc4cn[nH]c34)nc(C(=O)N3CCOCC3(C)C)c1CC2. The van der Waals surface area contributed by atoms with E-state index in [1.807, 2.05) is 62.9 Å². The molecule has 1 fully saturated rings. The predicted octanol–water partition coefficient (Wildman–Crippen LogP) is 4.56. The molecule has 0 saturated carbocycles. The van der Waals surface area contributed by atoms with E-state index in [1.165, 1.54) is 0 Å². The van der Waals surface area contributed by atoms with Crippen LogP contribution in [0.3, 0.4) is 0 Å². The molecule has 6 rings (SSSR count). The summed E-state index contributed by atoms with van der Waals surface area (Å²) in [4.78, 5) is 21.1. The largest absolute Gasteiger partial charge is 0.493 e. The molecule has 0 bridgehead atoms. The fraction of sp³-hybridized carbons (Fsp3) is 0.414. The van der Waals surface area contributed by atoms with Gasteiger partial charge in [-0.1, -0.05) is 12.1 Å². The second-order valence-corrected chi connectivity index (χ2v) is 10.8. The smallest absolute Gasteiger partial charge is 0.274 e. The van der Waals surface area contributed by atoms with E-state index in [9.17, 15) is 4.79 Å². The first-order valence-electron chi connectivity index (χ1n) is 13.1. The predicted molar refractivity (Wildman–Crippen MR) is 144 cm³/mol. The fourth-order valence-corrected chi connectivity index (χ4v) is 5.57. The second kappa shape index (κ2) is 9.16. The van der Waals surface area contributed by atoms with Gasteiger partial charge in [0.05, 0.1) is 55.1 Å². The van der Waals surface area contributed by atoms with Crippen molar-refractivity contribution < 1.29 is 19.0 Å². The molecule has 2 aliphatic rings. The van der Waals surface area contributed by atoms with Gasteiger partial charge in [-0.2, -0.15) is 5.10 Å². The van der Waals surface area contributed by atoms with E-state index in [0.29, 0.717) is 49.2 Å². The summed E-state index contributed by atoms with van der Waals surface area (Å²) in [7, 11) is 1.66. The first-order chi connectivity index (χ1) is 18.3. The Labute approximate surface area is 221 Å². The molecule has 0 unspecified atom stereocenters. The number of carbonyl (C=O) groups is 1. The second-order valence-electron chi connectivity index (χ2n) is 10.8. The number of aryl methyl sites for hydroxylation is 1. The quantitative estimate of drug-likeness (QED) is 0.419. The van der Waals surface area contributed by atoms with Crippen molar-refractivity contribution in [1.29, 1.82) is 0 Å². The molecule has 0 radical (unpaired) electrons. The first kappa shape index (κ1) is 24.5. The van der Waals surface area contributed by atoms with Crippen LogP contribution in [0.4, 0.5) is 0 Å². The molecule has 1 N–H and O–H groups in total. The van der Waals surface area contributed by atoms with Gasteiger partial charge in [-0.3, -0.25) is 14.5 Å². The molecule has 38 heavy (non-hydrogen) atoms. The van der Waals surface area contributed by atoms with Gasteiger partial charge in [0.15, 0.2) is 17.2 Å². The number of methoxy groups -OCH3 is 1. The van der Waals surface area contributed by atoms with Gasteiger partial charge in [0.2, 0.25) is 0 Å². The minimum Gasteiger partial charge on any atom is -0.493 e. The van der Waals surface area contributed by atoms with Gasteiger partial charge in [0.1, 0.15) is 5.82 Å². The van der Waals surface area contributed by atoms with Crippen molar-refractivity contribution >= 4 is 16.8 Å². The molecule has 198 valence electrons. The van der Waals surface area contributed by atoms with Crippen LogP contribution in [0.15, 0.2) is 36.5 Å². The van der Waals surface area contributed by atoms with Crippen molar-refractivity contribution in [2.45, 2.75) is 52.2 Å². The monoisotopic (exact) mass is 515 g/mol. The molecule has 9 nitrogen and oxygen atoms in total. The van der Waals surface area contributed by atoms with E-state index >= 15 is 0 Å². The molecule has 1 saturated heterocycles. The van der Waals surface area contributed by atoms with Crippen LogP contribution in [-0.2, 0) is 17.6 Å². The Kier molecular flexibility index (Phi) is 5.90. The van der Waals surface area contributed by atoms with E-state index in [0.717, 1.165) is 39.8 Å². The van der Waals surface area contributed by atoms with Crippen LogP contribution in [0.2, 0.25) is 0 Å². The number of aromatic nitrogens is 4. The van der Waals surface area contributed by atoms with Crippen LogP contribution >= 0.6 is 0 Å². The molecule has 2 aliphatic heterocycles. The van der Waals surface area contributed by atoms with Crippen molar-refractivity contribution in [2.75, 3.05) is 26.9 Å². The van der Waals surface area contributed by atoms with Gasteiger partial charge in [-0.25, -0.2) is 4.98 Å². The van der Waals surface area contributed by atoms with E-state index in [-0.39, 0.29) is 12.0 Å². The summed E-state index contributed by atoms with van der Waals surface area (Å²) in [6.07, 6.45) is 3.22. The number of rotatable bonds is 5. The minimum absolute atomic E-state index is 0.0216. The number of morpholine rings is 1. The van der Waals surface area contributed by atoms with Crippen LogP contribution < -0.4 is 9.47 Å². The maximum absolute atomic E-state index is 14.1. The Balaban J connectivity index is 1.59. The first-order valence-corrected chi connectivity index (χ1v) is 13.1. The molecule has 0 spiro atoms.